The summed E-state index contributed by atoms with van der Waals surface area (Å²) in [7, 11) is 2.21. The molecule has 1 aliphatic rings. The number of aromatic nitrogens is 1. The van der Waals surface area contributed by atoms with Gasteiger partial charge in [-0.25, -0.2) is 4.98 Å². The van der Waals surface area contributed by atoms with E-state index >= 15 is 0 Å². The van der Waals surface area contributed by atoms with Crippen LogP contribution in [0.5, 0.6) is 0 Å². The Morgan fingerprint density at radius 3 is 2.90 bits per heavy atom. The summed E-state index contributed by atoms with van der Waals surface area (Å²) >= 11 is 6.26. The third kappa shape index (κ3) is 4.31. The maximum absolute atomic E-state index is 6.26. The zero-order chi connectivity index (χ0) is 15.2. The first kappa shape index (κ1) is 16.5. The molecule has 0 radical (unpaired) electrons. The van der Waals surface area contributed by atoms with Crippen LogP contribution in [0.15, 0.2) is 12.3 Å². The SMILES string of the molecule is CCCNCc1cc(N2CCN(C)C(CC)C2)ncc1Cl. The Morgan fingerprint density at radius 1 is 1.38 bits per heavy atom. The second kappa shape index (κ2) is 7.97. The number of nitrogens with one attached hydrogen (secondary N) is 1. The van der Waals surface area contributed by atoms with Crippen molar-refractivity contribution < 1.29 is 0 Å². The highest BCUT2D eigenvalue weighted by molar-refractivity contribution is 6.31. The number of anilines is 1. The Kier molecular flexibility index (Phi) is 6.27. The van der Waals surface area contributed by atoms with E-state index in [1.807, 2.05) is 0 Å². The molecular weight excluding hydrogens is 284 g/mol. The molecule has 0 aromatic carbocycles. The van der Waals surface area contributed by atoms with Crippen molar-refractivity contribution in [1.29, 1.82) is 0 Å². The van der Waals surface area contributed by atoms with Crippen LogP contribution in [0.3, 0.4) is 0 Å². The van der Waals surface area contributed by atoms with Gasteiger partial charge < -0.3 is 10.2 Å². The van der Waals surface area contributed by atoms with Crippen molar-refractivity contribution in [2.24, 2.45) is 0 Å². The Morgan fingerprint density at radius 2 is 2.19 bits per heavy atom. The number of hydrogen-bond acceptors (Lipinski definition) is 4. The minimum absolute atomic E-state index is 0.609. The second-order valence-corrected chi connectivity index (χ2v) is 6.21. The van der Waals surface area contributed by atoms with Gasteiger partial charge in [-0.15, -0.1) is 0 Å². The molecule has 2 rings (SSSR count). The van der Waals surface area contributed by atoms with Crippen LogP contribution >= 0.6 is 11.6 Å². The number of halogens is 1. The number of likely N-dealkylation sites (N-methyl/N-ethyl adjacent to an activating group) is 1. The molecule has 21 heavy (non-hydrogen) atoms. The Hall–Kier alpha value is -0.840. The summed E-state index contributed by atoms with van der Waals surface area (Å²) in [5.41, 5.74) is 1.14. The maximum atomic E-state index is 6.26. The molecule has 118 valence electrons. The second-order valence-electron chi connectivity index (χ2n) is 5.80. The summed E-state index contributed by atoms with van der Waals surface area (Å²) in [5.74, 6) is 1.05. The summed E-state index contributed by atoms with van der Waals surface area (Å²) in [4.78, 5) is 9.36. The molecule has 1 aromatic rings. The van der Waals surface area contributed by atoms with Gasteiger partial charge in [0.15, 0.2) is 0 Å². The molecule has 1 aromatic heterocycles. The average Bonchev–Trinajstić information content (AvgIpc) is 2.50. The summed E-state index contributed by atoms with van der Waals surface area (Å²) < 4.78 is 0. The van der Waals surface area contributed by atoms with E-state index in [0.717, 1.165) is 55.5 Å². The minimum Gasteiger partial charge on any atom is -0.354 e. The van der Waals surface area contributed by atoms with Gasteiger partial charge in [-0.2, -0.15) is 0 Å². The van der Waals surface area contributed by atoms with Crippen molar-refractivity contribution in [3.63, 3.8) is 0 Å². The molecule has 5 heteroatoms. The van der Waals surface area contributed by atoms with E-state index in [1.54, 1.807) is 6.20 Å². The fourth-order valence-electron chi connectivity index (χ4n) is 2.77. The fraction of sp³-hybridized carbons (Fsp3) is 0.688. The van der Waals surface area contributed by atoms with Gasteiger partial charge in [-0.1, -0.05) is 25.4 Å². The van der Waals surface area contributed by atoms with Gasteiger partial charge in [0.25, 0.3) is 0 Å². The molecule has 0 amide bonds. The lowest BCUT2D eigenvalue weighted by Crippen LogP contribution is -2.51. The van der Waals surface area contributed by atoms with Crippen LogP contribution in [-0.2, 0) is 6.54 Å². The molecule has 4 nitrogen and oxygen atoms in total. The van der Waals surface area contributed by atoms with Crippen LogP contribution < -0.4 is 10.2 Å². The third-order valence-electron chi connectivity index (χ3n) is 4.23. The van der Waals surface area contributed by atoms with Crippen LogP contribution in [-0.4, -0.2) is 49.2 Å². The van der Waals surface area contributed by atoms with Gasteiger partial charge >= 0.3 is 0 Å². The molecule has 0 spiro atoms. The van der Waals surface area contributed by atoms with Crippen LogP contribution in [0.2, 0.25) is 5.02 Å². The molecule has 2 heterocycles. The Bertz CT molecular complexity index is 452. The first-order valence-electron chi connectivity index (χ1n) is 7.96. The molecule has 1 aliphatic heterocycles. The Balaban J connectivity index is 2.07. The number of pyridine rings is 1. The topological polar surface area (TPSA) is 31.4 Å². The van der Waals surface area contributed by atoms with Gasteiger partial charge in [-0.05, 0) is 38.1 Å². The smallest absolute Gasteiger partial charge is 0.129 e. The predicted octanol–water partition coefficient (Wildman–Crippen LogP) is 2.77. The first-order chi connectivity index (χ1) is 10.2. The lowest BCUT2D eigenvalue weighted by molar-refractivity contribution is 0.213. The zero-order valence-electron chi connectivity index (χ0n) is 13.4. The number of hydrogen-bond donors (Lipinski definition) is 1. The molecule has 1 atom stereocenters. The standard InChI is InChI=1S/C16H27ClN4/c1-4-6-18-10-13-9-16(19-11-15(13)17)21-8-7-20(3)14(5-2)12-21/h9,11,14,18H,4-8,10,12H2,1-3H3. The van der Waals surface area contributed by atoms with Gasteiger partial charge in [-0.3, -0.25) is 4.90 Å². The summed E-state index contributed by atoms with van der Waals surface area (Å²) in [5, 5.41) is 4.16. The van der Waals surface area contributed by atoms with Crippen molar-refractivity contribution in [3.8, 4) is 0 Å². The van der Waals surface area contributed by atoms with Crippen molar-refractivity contribution in [3.05, 3.63) is 22.8 Å². The molecule has 1 fully saturated rings. The Labute approximate surface area is 133 Å². The summed E-state index contributed by atoms with van der Waals surface area (Å²) in [6.45, 7) is 9.41. The van der Waals surface area contributed by atoms with Crippen molar-refractivity contribution >= 4 is 17.4 Å². The molecule has 1 unspecified atom stereocenters. The molecule has 0 saturated carbocycles. The molecule has 0 aliphatic carbocycles. The predicted molar refractivity (Wildman–Crippen MR) is 90.2 cm³/mol. The molecule has 0 bridgehead atoms. The van der Waals surface area contributed by atoms with Gasteiger partial charge in [0.05, 0.1) is 5.02 Å². The van der Waals surface area contributed by atoms with E-state index in [0.29, 0.717) is 6.04 Å². The fourth-order valence-corrected chi connectivity index (χ4v) is 2.94. The van der Waals surface area contributed by atoms with Crippen LogP contribution in [0.25, 0.3) is 0 Å². The number of piperazine rings is 1. The number of rotatable bonds is 6. The zero-order valence-corrected chi connectivity index (χ0v) is 14.2. The van der Waals surface area contributed by atoms with Gasteiger partial charge in [0.2, 0.25) is 0 Å². The largest absolute Gasteiger partial charge is 0.354 e. The number of nitrogens with zero attached hydrogens (tertiary/aromatic N) is 3. The van der Waals surface area contributed by atoms with E-state index < -0.39 is 0 Å². The highest BCUT2D eigenvalue weighted by Gasteiger charge is 2.23. The van der Waals surface area contributed by atoms with Gasteiger partial charge in [0, 0.05) is 38.4 Å². The normalized spacial score (nSPS) is 20.0. The van der Waals surface area contributed by atoms with E-state index in [4.69, 9.17) is 11.6 Å². The van der Waals surface area contributed by atoms with E-state index in [1.165, 1.54) is 6.42 Å². The minimum atomic E-state index is 0.609. The molecule has 1 N–H and O–H groups in total. The quantitative estimate of drug-likeness (QED) is 0.819. The van der Waals surface area contributed by atoms with E-state index in [9.17, 15) is 0 Å². The molecule has 1 saturated heterocycles. The van der Waals surface area contributed by atoms with Crippen LogP contribution in [0, 0.1) is 0 Å². The van der Waals surface area contributed by atoms with Crippen LogP contribution in [0.1, 0.15) is 32.3 Å². The lowest BCUT2D eigenvalue weighted by Gasteiger charge is -2.39. The maximum Gasteiger partial charge on any atom is 0.129 e. The van der Waals surface area contributed by atoms with Crippen LogP contribution in [0.4, 0.5) is 5.82 Å². The summed E-state index contributed by atoms with van der Waals surface area (Å²) in [6.07, 6.45) is 4.09. The summed E-state index contributed by atoms with van der Waals surface area (Å²) in [6, 6.07) is 2.75. The van der Waals surface area contributed by atoms with Crippen molar-refractivity contribution in [2.75, 3.05) is 38.1 Å². The third-order valence-corrected chi connectivity index (χ3v) is 4.58. The van der Waals surface area contributed by atoms with Crippen molar-refractivity contribution in [2.45, 2.75) is 39.3 Å². The monoisotopic (exact) mass is 310 g/mol. The first-order valence-corrected chi connectivity index (χ1v) is 8.33. The molecular formula is C16H27ClN4. The lowest BCUT2D eigenvalue weighted by atomic mass is 10.1. The highest BCUT2D eigenvalue weighted by atomic mass is 35.5. The highest BCUT2D eigenvalue weighted by Crippen LogP contribution is 2.23. The van der Waals surface area contributed by atoms with E-state index in [2.05, 4.69) is 47.1 Å². The average molecular weight is 311 g/mol. The van der Waals surface area contributed by atoms with E-state index in [-0.39, 0.29) is 0 Å². The van der Waals surface area contributed by atoms with Gasteiger partial charge in [0.1, 0.15) is 5.82 Å². The van der Waals surface area contributed by atoms with Crippen molar-refractivity contribution in [1.82, 2.24) is 15.2 Å².